The molecule has 0 unspecified atom stereocenters. The SMILES string of the molecule is O=C(C1CCCCC1)N1CC(c2nc(-c3ccccc3)no2)C1. The van der Waals surface area contributed by atoms with Crippen LogP contribution < -0.4 is 0 Å². The molecule has 120 valence electrons. The van der Waals surface area contributed by atoms with Gasteiger partial charge >= 0.3 is 0 Å². The molecule has 0 bridgehead atoms. The second-order valence-corrected chi connectivity index (χ2v) is 6.60. The molecule has 2 aliphatic rings. The summed E-state index contributed by atoms with van der Waals surface area (Å²) in [5.74, 6) is 2.03. The predicted molar refractivity (Wildman–Crippen MR) is 85.6 cm³/mol. The van der Waals surface area contributed by atoms with Crippen LogP contribution in [0, 0.1) is 5.92 Å². The van der Waals surface area contributed by atoms with E-state index in [1.165, 1.54) is 19.3 Å². The number of carbonyl (C=O) groups is 1. The van der Waals surface area contributed by atoms with Crippen LogP contribution >= 0.6 is 0 Å². The van der Waals surface area contributed by atoms with E-state index in [1.807, 2.05) is 35.2 Å². The highest BCUT2D eigenvalue weighted by Gasteiger charge is 2.38. The van der Waals surface area contributed by atoms with E-state index >= 15 is 0 Å². The van der Waals surface area contributed by atoms with Crippen LogP contribution in [0.5, 0.6) is 0 Å². The quantitative estimate of drug-likeness (QED) is 0.873. The van der Waals surface area contributed by atoms with E-state index in [4.69, 9.17) is 4.52 Å². The molecule has 1 aromatic heterocycles. The van der Waals surface area contributed by atoms with Crippen LogP contribution in [0.2, 0.25) is 0 Å². The molecule has 0 radical (unpaired) electrons. The molecule has 1 aliphatic heterocycles. The van der Waals surface area contributed by atoms with E-state index in [-0.39, 0.29) is 11.8 Å². The highest BCUT2D eigenvalue weighted by molar-refractivity contribution is 5.80. The molecule has 0 atom stereocenters. The number of aromatic nitrogens is 2. The Morgan fingerprint density at radius 3 is 2.57 bits per heavy atom. The molecular weight excluding hydrogens is 290 g/mol. The second kappa shape index (κ2) is 6.14. The molecule has 1 saturated carbocycles. The summed E-state index contributed by atoms with van der Waals surface area (Å²) in [5, 5.41) is 4.06. The maximum atomic E-state index is 12.4. The van der Waals surface area contributed by atoms with Crippen LogP contribution in [0.1, 0.15) is 43.9 Å². The van der Waals surface area contributed by atoms with E-state index in [0.29, 0.717) is 30.7 Å². The van der Waals surface area contributed by atoms with Crippen molar-refractivity contribution < 1.29 is 9.32 Å². The molecule has 0 spiro atoms. The van der Waals surface area contributed by atoms with Crippen molar-refractivity contribution in [2.24, 2.45) is 5.92 Å². The zero-order valence-electron chi connectivity index (χ0n) is 13.1. The number of hydrogen-bond donors (Lipinski definition) is 0. The first-order valence-electron chi connectivity index (χ1n) is 8.49. The average Bonchev–Trinajstić information content (AvgIpc) is 3.05. The molecule has 5 nitrogen and oxygen atoms in total. The summed E-state index contributed by atoms with van der Waals surface area (Å²) in [6.07, 6.45) is 5.77. The van der Waals surface area contributed by atoms with Crippen LogP contribution in [-0.2, 0) is 4.79 Å². The molecule has 2 aromatic rings. The van der Waals surface area contributed by atoms with Gasteiger partial charge in [-0.2, -0.15) is 4.98 Å². The van der Waals surface area contributed by atoms with Crippen molar-refractivity contribution >= 4 is 5.91 Å². The summed E-state index contributed by atoms with van der Waals surface area (Å²) in [7, 11) is 0. The normalized spacial score (nSPS) is 19.6. The van der Waals surface area contributed by atoms with Gasteiger partial charge in [-0.25, -0.2) is 0 Å². The van der Waals surface area contributed by atoms with Gasteiger partial charge in [-0.1, -0.05) is 54.8 Å². The molecule has 4 rings (SSSR count). The predicted octanol–water partition coefficient (Wildman–Crippen LogP) is 3.24. The standard InChI is InChI=1S/C18H21N3O2/c22-18(14-9-5-2-6-10-14)21-11-15(12-21)17-19-16(20-23-17)13-7-3-1-4-8-13/h1,3-4,7-8,14-15H,2,5-6,9-12H2. The van der Waals surface area contributed by atoms with Gasteiger partial charge in [0.2, 0.25) is 17.6 Å². The Balaban J connectivity index is 1.37. The minimum absolute atomic E-state index is 0.188. The topological polar surface area (TPSA) is 59.2 Å². The number of carbonyl (C=O) groups excluding carboxylic acids is 1. The minimum Gasteiger partial charge on any atom is -0.341 e. The number of likely N-dealkylation sites (tertiary alicyclic amines) is 1. The molecule has 23 heavy (non-hydrogen) atoms. The summed E-state index contributed by atoms with van der Waals surface area (Å²) >= 11 is 0. The van der Waals surface area contributed by atoms with Crippen LogP contribution in [-0.4, -0.2) is 34.0 Å². The Labute approximate surface area is 135 Å². The molecule has 1 aromatic carbocycles. The highest BCUT2D eigenvalue weighted by atomic mass is 16.5. The number of amides is 1. The van der Waals surface area contributed by atoms with E-state index in [0.717, 1.165) is 18.4 Å². The van der Waals surface area contributed by atoms with Crippen molar-refractivity contribution in [3.63, 3.8) is 0 Å². The minimum atomic E-state index is 0.188. The van der Waals surface area contributed by atoms with Gasteiger partial charge < -0.3 is 9.42 Å². The zero-order chi connectivity index (χ0) is 15.6. The van der Waals surface area contributed by atoms with E-state index in [9.17, 15) is 4.79 Å². The number of hydrogen-bond acceptors (Lipinski definition) is 4. The summed E-state index contributed by atoms with van der Waals surface area (Å²) in [5.41, 5.74) is 0.956. The third-order valence-corrected chi connectivity index (χ3v) is 4.97. The third kappa shape index (κ3) is 2.87. The van der Waals surface area contributed by atoms with Gasteiger partial charge in [-0.15, -0.1) is 0 Å². The molecule has 1 saturated heterocycles. The third-order valence-electron chi connectivity index (χ3n) is 4.97. The van der Waals surface area contributed by atoms with Gasteiger partial charge in [0.1, 0.15) is 0 Å². The number of nitrogens with zero attached hydrogens (tertiary/aromatic N) is 3. The van der Waals surface area contributed by atoms with Gasteiger partial charge in [0.15, 0.2) is 0 Å². The summed E-state index contributed by atoms with van der Waals surface area (Å²) in [6.45, 7) is 1.43. The van der Waals surface area contributed by atoms with Crippen LogP contribution in [0.25, 0.3) is 11.4 Å². The van der Waals surface area contributed by atoms with Crippen molar-refractivity contribution in [1.82, 2.24) is 15.0 Å². The summed E-state index contributed by atoms with van der Waals surface area (Å²) in [6, 6.07) is 9.81. The number of benzene rings is 1. The first-order chi connectivity index (χ1) is 11.3. The second-order valence-electron chi connectivity index (χ2n) is 6.60. The fraction of sp³-hybridized carbons (Fsp3) is 0.500. The first kappa shape index (κ1) is 14.4. The molecule has 1 aliphatic carbocycles. The van der Waals surface area contributed by atoms with Gasteiger partial charge in [-0.05, 0) is 12.8 Å². The van der Waals surface area contributed by atoms with Crippen LogP contribution in [0.3, 0.4) is 0 Å². The molecule has 2 fully saturated rings. The molecule has 1 amide bonds. The van der Waals surface area contributed by atoms with Crippen molar-refractivity contribution in [3.05, 3.63) is 36.2 Å². The first-order valence-corrected chi connectivity index (χ1v) is 8.49. The lowest BCUT2D eigenvalue weighted by Gasteiger charge is -2.39. The lowest BCUT2D eigenvalue weighted by Crippen LogP contribution is -2.51. The smallest absolute Gasteiger partial charge is 0.233 e. The van der Waals surface area contributed by atoms with Gasteiger partial charge in [0, 0.05) is 24.6 Å². The Morgan fingerprint density at radius 2 is 1.83 bits per heavy atom. The Morgan fingerprint density at radius 1 is 1.09 bits per heavy atom. The highest BCUT2D eigenvalue weighted by Crippen LogP contribution is 2.32. The zero-order valence-corrected chi connectivity index (χ0v) is 13.1. The van der Waals surface area contributed by atoms with Gasteiger partial charge in [-0.3, -0.25) is 4.79 Å². The summed E-state index contributed by atoms with van der Waals surface area (Å²) in [4.78, 5) is 18.9. The fourth-order valence-electron chi connectivity index (χ4n) is 3.53. The molecular formula is C18H21N3O2. The van der Waals surface area contributed by atoms with Crippen molar-refractivity contribution in [1.29, 1.82) is 0 Å². The Hall–Kier alpha value is -2.17. The van der Waals surface area contributed by atoms with E-state index < -0.39 is 0 Å². The molecule has 2 heterocycles. The Kier molecular flexibility index (Phi) is 3.85. The van der Waals surface area contributed by atoms with Crippen LogP contribution in [0.4, 0.5) is 0 Å². The van der Waals surface area contributed by atoms with Crippen LogP contribution in [0.15, 0.2) is 34.9 Å². The maximum Gasteiger partial charge on any atom is 0.233 e. The lowest BCUT2D eigenvalue weighted by atomic mass is 9.86. The molecule has 0 N–H and O–H groups in total. The van der Waals surface area contributed by atoms with Gasteiger partial charge in [0.25, 0.3) is 0 Å². The van der Waals surface area contributed by atoms with E-state index in [1.54, 1.807) is 0 Å². The summed E-state index contributed by atoms with van der Waals surface area (Å²) < 4.78 is 5.40. The van der Waals surface area contributed by atoms with Crippen molar-refractivity contribution in [3.8, 4) is 11.4 Å². The monoisotopic (exact) mass is 311 g/mol. The molecule has 5 heteroatoms. The fourth-order valence-corrected chi connectivity index (χ4v) is 3.53. The van der Waals surface area contributed by atoms with Crippen molar-refractivity contribution in [2.45, 2.75) is 38.0 Å². The lowest BCUT2D eigenvalue weighted by molar-refractivity contribution is -0.141. The largest absolute Gasteiger partial charge is 0.341 e. The van der Waals surface area contributed by atoms with E-state index in [2.05, 4.69) is 10.1 Å². The van der Waals surface area contributed by atoms with Gasteiger partial charge in [0.05, 0.1) is 5.92 Å². The van der Waals surface area contributed by atoms with Crippen molar-refractivity contribution in [2.75, 3.05) is 13.1 Å². The maximum absolute atomic E-state index is 12.4. The number of rotatable bonds is 3. The Bertz CT molecular complexity index is 671. The average molecular weight is 311 g/mol.